The highest BCUT2D eigenvalue weighted by Crippen LogP contribution is 2.24. The first-order valence-corrected chi connectivity index (χ1v) is 9.45. The maximum atomic E-state index is 4.75. The van der Waals surface area contributed by atoms with Crippen LogP contribution in [0.4, 0.5) is 5.82 Å². The van der Waals surface area contributed by atoms with Gasteiger partial charge in [-0.05, 0) is 26.7 Å². The van der Waals surface area contributed by atoms with E-state index < -0.39 is 0 Å². The third-order valence-electron chi connectivity index (χ3n) is 3.91. The zero-order chi connectivity index (χ0) is 17.1. The lowest BCUT2D eigenvalue weighted by atomic mass is 10.3. The van der Waals surface area contributed by atoms with Crippen molar-refractivity contribution in [2.24, 2.45) is 0 Å². The van der Waals surface area contributed by atoms with Crippen LogP contribution in [-0.4, -0.2) is 24.7 Å². The summed E-state index contributed by atoms with van der Waals surface area (Å²) in [4.78, 5) is 14.1. The number of anilines is 1. The number of nitrogens with zero attached hydrogens (tertiary/aromatic N) is 5. The highest BCUT2D eigenvalue weighted by molar-refractivity contribution is 7.09. The van der Waals surface area contributed by atoms with Gasteiger partial charge in [0.05, 0.1) is 22.9 Å². The molecule has 0 fully saturated rings. The maximum Gasteiger partial charge on any atom is 0.156 e. The van der Waals surface area contributed by atoms with E-state index in [1.54, 1.807) is 11.3 Å². The fourth-order valence-corrected chi connectivity index (χ4v) is 3.48. The van der Waals surface area contributed by atoms with Gasteiger partial charge in [-0.2, -0.15) is 5.10 Å². The Hall–Kier alpha value is -2.02. The van der Waals surface area contributed by atoms with E-state index in [1.165, 1.54) is 5.01 Å². The molecule has 0 aliphatic heterocycles. The van der Waals surface area contributed by atoms with Crippen molar-refractivity contribution in [2.75, 3.05) is 5.32 Å². The van der Waals surface area contributed by atoms with Crippen LogP contribution in [0, 0.1) is 6.92 Å². The molecular formula is C17H24N6S. The molecule has 3 rings (SSSR count). The van der Waals surface area contributed by atoms with E-state index in [-0.39, 0.29) is 0 Å². The second-order valence-corrected chi connectivity index (χ2v) is 6.72. The molecule has 0 radical (unpaired) electrons. The summed E-state index contributed by atoms with van der Waals surface area (Å²) in [6.07, 6.45) is 2.88. The lowest BCUT2D eigenvalue weighted by molar-refractivity contribution is 0.675. The van der Waals surface area contributed by atoms with Gasteiger partial charge in [0.2, 0.25) is 0 Å². The largest absolute Gasteiger partial charge is 0.362 e. The molecule has 3 aromatic rings. The number of aromatic nitrogens is 5. The van der Waals surface area contributed by atoms with Gasteiger partial charge in [-0.15, -0.1) is 11.3 Å². The molecule has 7 heteroatoms. The Kier molecular flexibility index (Phi) is 5.08. The molecule has 0 aromatic carbocycles. The van der Waals surface area contributed by atoms with Crippen LogP contribution >= 0.6 is 11.3 Å². The van der Waals surface area contributed by atoms with Gasteiger partial charge < -0.3 is 5.32 Å². The minimum Gasteiger partial charge on any atom is -0.362 e. The van der Waals surface area contributed by atoms with Gasteiger partial charge >= 0.3 is 0 Å². The fraction of sp³-hybridized carbons (Fsp3) is 0.529. The van der Waals surface area contributed by atoms with Crippen molar-refractivity contribution in [2.45, 2.75) is 60.0 Å². The third kappa shape index (κ3) is 3.26. The SMILES string of the molecule is CCCc1nc(NCc2csc(CC)n2)c2c(n1)c(C)nn2CC. The Morgan fingerprint density at radius 1 is 1.17 bits per heavy atom. The van der Waals surface area contributed by atoms with Crippen LogP contribution in [0.1, 0.15) is 49.4 Å². The molecule has 0 amide bonds. The molecule has 0 saturated heterocycles. The number of hydrogen-bond acceptors (Lipinski definition) is 6. The van der Waals surface area contributed by atoms with Gasteiger partial charge in [0.15, 0.2) is 5.82 Å². The first-order valence-electron chi connectivity index (χ1n) is 8.57. The van der Waals surface area contributed by atoms with Crippen molar-refractivity contribution < 1.29 is 0 Å². The van der Waals surface area contributed by atoms with E-state index in [0.29, 0.717) is 6.54 Å². The van der Waals surface area contributed by atoms with Crippen molar-refractivity contribution >= 4 is 28.2 Å². The average molecular weight is 344 g/mol. The lowest BCUT2D eigenvalue weighted by Crippen LogP contribution is -2.08. The summed E-state index contributed by atoms with van der Waals surface area (Å²) in [7, 11) is 0. The Morgan fingerprint density at radius 3 is 2.67 bits per heavy atom. The molecule has 3 aromatic heterocycles. The summed E-state index contributed by atoms with van der Waals surface area (Å²) in [6.45, 7) is 9.83. The minimum atomic E-state index is 0.669. The van der Waals surface area contributed by atoms with E-state index in [2.05, 4.69) is 41.6 Å². The average Bonchev–Trinajstić information content (AvgIpc) is 3.18. The molecule has 0 aliphatic rings. The Bertz CT molecular complexity index is 835. The number of rotatable bonds is 7. The van der Waals surface area contributed by atoms with Gasteiger partial charge in [0.1, 0.15) is 16.9 Å². The van der Waals surface area contributed by atoms with Crippen molar-refractivity contribution in [3.8, 4) is 0 Å². The predicted molar refractivity (Wildman–Crippen MR) is 98.5 cm³/mol. The lowest BCUT2D eigenvalue weighted by Gasteiger charge is -2.09. The second kappa shape index (κ2) is 7.25. The molecule has 0 unspecified atom stereocenters. The highest BCUT2D eigenvalue weighted by Gasteiger charge is 2.16. The molecule has 0 atom stereocenters. The van der Waals surface area contributed by atoms with Gasteiger partial charge in [-0.3, -0.25) is 4.68 Å². The van der Waals surface area contributed by atoms with E-state index in [0.717, 1.165) is 59.9 Å². The van der Waals surface area contributed by atoms with Crippen LogP contribution < -0.4 is 5.32 Å². The van der Waals surface area contributed by atoms with Crippen LogP contribution in [0.2, 0.25) is 0 Å². The number of nitrogens with one attached hydrogen (secondary N) is 1. The summed E-state index contributed by atoms with van der Waals surface area (Å²) >= 11 is 1.71. The standard InChI is InChI=1S/C17H24N6S/c1-5-8-13-20-15-11(4)22-23(7-3)16(15)17(21-13)18-9-12-10-24-14(6-2)19-12/h10H,5-9H2,1-4H3,(H,18,20,21). The highest BCUT2D eigenvalue weighted by atomic mass is 32.1. The number of thiazole rings is 1. The van der Waals surface area contributed by atoms with Crippen molar-refractivity contribution in [3.05, 3.63) is 27.6 Å². The molecule has 1 N–H and O–H groups in total. The van der Waals surface area contributed by atoms with Gasteiger partial charge in [0.25, 0.3) is 0 Å². The Labute approximate surface area is 146 Å². The Morgan fingerprint density at radius 2 is 2.00 bits per heavy atom. The van der Waals surface area contributed by atoms with Crippen LogP contribution in [-0.2, 0) is 25.9 Å². The molecule has 0 bridgehead atoms. The summed E-state index contributed by atoms with van der Waals surface area (Å²) in [5, 5.41) is 11.3. The van der Waals surface area contributed by atoms with E-state index >= 15 is 0 Å². The van der Waals surface area contributed by atoms with E-state index in [1.807, 2.05) is 11.6 Å². The molecular weight excluding hydrogens is 320 g/mol. The number of aryl methyl sites for hydroxylation is 4. The summed E-state index contributed by atoms with van der Waals surface area (Å²) in [5.41, 5.74) is 3.95. The normalized spacial score (nSPS) is 11.3. The first kappa shape index (κ1) is 16.8. The third-order valence-corrected chi connectivity index (χ3v) is 4.96. The van der Waals surface area contributed by atoms with Crippen LogP contribution in [0.15, 0.2) is 5.38 Å². The smallest absolute Gasteiger partial charge is 0.156 e. The van der Waals surface area contributed by atoms with Crippen molar-refractivity contribution in [1.29, 1.82) is 0 Å². The van der Waals surface area contributed by atoms with Gasteiger partial charge in [-0.1, -0.05) is 13.8 Å². The molecule has 128 valence electrons. The number of fused-ring (bicyclic) bond motifs is 1. The Balaban J connectivity index is 1.97. The van der Waals surface area contributed by atoms with Gasteiger partial charge in [0, 0.05) is 18.3 Å². The van der Waals surface area contributed by atoms with Crippen LogP contribution in [0.25, 0.3) is 11.0 Å². The van der Waals surface area contributed by atoms with E-state index in [9.17, 15) is 0 Å². The molecule has 0 aliphatic carbocycles. The summed E-state index contributed by atoms with van der Waals surface area (Å²) in [5.74, 6) is 1.73. The fourth-order valence-electron chi connectivity index (χ4n) is 2.73. The van der Waals surface area contributed by atoms with Crippen molar-refractivity contribution in [3.63, 3.8) is 0 Å². The molecule has 0 saturated carbocycles. The molecule has 3 heterocycles. The maximum absolute atomic E-state index is 4.75. The van der Waals surface area contributed by atoms with E-state index in [4.69, 9.17) is 9.97 Å². The topological polar surface area (TPSA) is 68.5 Å². The number of hydrogen-bond donors (Lipinski definition) is 1. The monoisotopic (exact) mass is 344 g/mol. The van der Waals surface area contributed by atoms with Crippen LogP contribution in [0.5, 0.6) is 0 Å². The minimum absolute atomic E-state index is 0.669. The zero-order valence-electron chi connectivity index (χ0n) is 14.8. The zero-order valence-corrected chi connectivity index (χ0v) is 15.6. The molecule has 6 nitrogen and oxygen atoms in total. The summed E-state index contributed by atoms with van der Waals surface area (Å²) in [6, 6.07) is 0. The molecule has 24 heavy (non-hydrogen) atoms. The summed E-state index contributed by atoms with van der Waals surface area (Å²) < 4.78 is 1.97. The quantitative estimate of drug-likeness (QED) is 0.707. The van der Waals surface area contributed by atoms with Crippen molar-refractivity contribution in [1.82, 2.24) is 24.7 Å². The van der Waals surface area contributed by atoms with Crippen LogP contribution in [0.3, 0.4) is 0 Å². The molecule has 0 spiro atoms. The predicted octanol–water partition coefficient (Wildman–Crippen LogP) is 3.74. The van der Waals surface area contributed by atoms with Gasteiger partial charge in [-0.25, -0.2) is 15.0 Å². The first-order chi connectivity index (χ1) is 11.7. The second-order valence-electron chi connectivity index (χ2n) is 5.78.